The van der Waals surface area contributed by atoms with Gasteiger partial charge in [-0.3, -0.25) is 0 Å². The molecule has 1 atom stereocenters. The fourth-order valence-corrected chi connectivity index (χ4v) is 1.61. The molecule has 0 saturated carbocycles. The molecule has 0 aliphatic carbocycles. The predicted octanol–water partition coefficient (Wildman–Crippen LogP) is 3.43. The molecule has 0 saturated heterocycles. The standard InChI is InChI=1S/C13H11F2NO3/c1-7(11-4-5-12(19-11)13(17)18)16-10-6-8(14)2-3-9(10)15/h2-7,16H,1H3,(H,17,18). The number of hydrogen-bond donors (Lipinski definition) is 2. The molecule has 2 rings (SSSR count). The summed E-state index contributed by atoms with van der Waals surface area (Å²) in [7, 11) is 0. The minimum absolute atomic E-state index is 0.0132. The van der Waals surface area contributed by atoms with Crippen molar-refractivity contribution < 1.29 is 23.1 Å². The number of carbonyl (C=O) groups is 1. The van der Waals surface area contributed by atoms with Crippen molar-refractivity contribution in [2.45, 2.75) is 13.0 Å². The molecule has 19 heavy (non-hydrogen) atoms. The Labute approximate surface area is 107 Å². The highest BCUT2D eigenvalue weighted by atomic mass is 19.1. The van der Waals surface area contributed by atoms with E-state index in [9.17, 15) is 13.6 Å². The molecule has 1 heterocycles. The maximum Gasteiger partial charge on any atom is 0.371 e. The number of anilines is 1. The lowest BCUT2D eigenvalue weighted by Crippen LogP contribution is -2.07. The summed E-state index contributed by atoms with van der Waals surface area (Å²) in [5.41, 5.74) is -0.0132. The smallest absolute Gasteiger partial charge is 0.371 e. The van der Waals surface area contributed by atoms with Gasteiger partial charge in [0.2, 0.25) is 5.76 Å². The van der Waals surface area contributed by atoms with Crippen LogP contribution in [0.15, 0.2) is 34.7 Å². The zero-order chi connectivity index (χ0) is 14.0. The normalized spacial score (nSPS) is 12.2. The zero-order valence-electron chi connectivity index (χ0n) is 9.98. The molecule has 0 aliphatic heterocycles. The number of rotatable bonds is 4. The van der Waals surface area contributed by atoms with Crippen LogP contribution in [0.1, 0.15) is 29.3 Å². The predicted molar refractivity (Wildman–Crippen MR) is 64.1 cm³/mol. The largest absolute Gasteiger partial charge is 0.475 e. The molecular formula is C13H11F2NO3. The first-order valence-electron chi connectivity index (χ1n) is 5.52. The lowest BCUT2D eigenvalue weighted by Gasteiger charge is -2.13. The monoisotopic (exact) mass is 267 g/mol. The lowest BCUT2D eigenvalue weighted by atomic mass is 10.2. The van der Waals surface area contributed by atoms with E-state index in [0.29, 0.717) is 5.76 Å². The average Bonchev–Trinajstić information content (AvgIpc) is 2.83. The molecule has 2 N–H and O–H groups in total. The summed E-state index contributed by atoms with van der Waals surface area (Å²) >= 11 is 0. The molecule has 0 radical (unpaired) electrons. The second-order valence-electron chi connectivity index (χ2n) is 4.00. The highest BCUT2D eigenvalue weighted by Crippen LogP contribution is 2.23. The minimum Gasteiger partial charge on any atom is -0.475 e. The van der Waals surface area contributed by atoms with E-state index in [4.69, 9.17) is 9.52 Å². The van der Waals surface area contributed by atoms with Gasteiger partial charge in [0, 0.05) is 0 Å². The summed E-state index contributed by atoms with van der Waals surface area (Å²) in [5, 5.41) is 11.4. The van der Waals surface area contributed by atoms with Gasteiger partial charge in [-0.05, 0) is 37.3 Å². The summed E-state index contributed by atoms with van der Waals surface area (Å²) in [6, 6.07) is 5.32. The van der Waals surface area contributed by atoms with Crippen molar-refractivity contribution in [3.63, 3.8) is 0 Å². The first-order valence-corrected chi connectivity index (χ1v) is 5.52. The second-order valence-corrected chi connectivity index (χ2v) is 4.00. The topological polar surface area (TPSA) is 62.5 Å². The van der Waals surface area contributed by atoms with Crippen LogP contribution < -0.4 is 5.32 Å². The third-order valence-corrected chi connectivity index (χ3v) is 2.56. The maximum atomic E-state index is 13.4. The summed E-state index contributed by atoms with van der Waals surface area (Å²) in [5.74, 6) is -2.24. The number of halogens is 2. The molecule has 0 bridgehead atoms. The van der Waals surface area contributed by atoms with Crippen LogP contribution in [-0.4, -0.2) is 11.1 Å². The third-order valence-electron chi connectivity index (χ3n) is 2.56. The van der Waals surface area contributed by atoms with Gasteiger partial charge in [-0.25, -0.2) is 13.6 Å². The number of carboxylic acid groups (broad SMARTS) is 1. The Morgan fingerprint density at radius 3 is 2.68 bits per heavy atom. The van der Waals surface area contributed by atoms with Crippen molar-refractivity contribution in [1.82, 2.24) is 0 Å². The van der Waals surface area contributed by atoms with E-state index in [0.717, 1.165) is 18.2 Å². The molecule has 0 spiro atoms. The highest BCUT2D eigenvalue weighted by molar-refractivity contribution is 5.84. The number of aromatic carboxylic acids is 1. The molecule has 100 valence electrons. The van der Waals surface area contributed by atoms with Gasteiger partial charge in [0.25, 0.3) is 0 Å². The van der Waals surface area contributed by atoms with Crippen LogP contribution in [-0.2, 0) is 0 Å². The lowest BCUT2D eigenvalue weighted by molar-refractivity contribution is 0.0660. The van der Waals surface area contributed by atoms with Crippen LogP contribution in [0, 0.1) is 11.6 Å². The molecule has 6 heteroatoms. The van der Waals surface area contributed by atoms with Crippen LogP contribution in [0.2, 0.25) is 0 Å². The zero-order valence-corrected chi connectivity index (χ0v) is 9.98. The Morgan fingerprint density at radius 2 is 2.05 bits per heavy atom. The summed E-state index contributed by atoms with van der Waals surface area (Å²) in [6.07, 6.45) is 0. The van der Waals surface area contributed by atoms with Crippen molar-refractivity contribution in [2.75, 3.05) is 5.32 Å². The Kier molecular flexibility index (Phi) is 3.50. The summed E-state index contributed by atoms with van der Waals surface area (Å²) in [4.78, 5) is 10.7. The van der Waals surface area contributed by atoms with E-state index >= 15 is 0 Å². The quantitative estimate of drug-likeness (QED) is 0.890. The molecule has 4 nitrogen and oxygen atoms in total. The van der Waals surface area contributed by atoms with Crippen molar-refractivity contribution in [3.8, 4) is 0 Å². The van der Waals surface area contributed by atoms with Crippen molar-refractivity contribution in [3.05, 3.63) is 53.5 Å². The van der Waals surface area contributed by atoms with Gasteiger partial charge in [-0.1, -0.05) is 0 Å². The number of carboxylic acids is 1. The van der Waals surface area contributed by atoms with Gasteiger partial charge in [-0.15, -0.1) is 0 Å². The first kappa shape index (κ1) is 13.1. The van der Waals surface area contributed by atoms with Gasteiger partial charge in [0.15, 0.2) is 0 Å². The molecule has 1 aromatic heterocycles. The molecule has 0 amide bonds. The van der Waals surface area contributed by atoms with Crippen molar-refractivity contribution in [2.24, 2.45) is 0 Å². The summed E-state index contributed by atoms with van der Waals surface area (Å²) in [6.45, 7) is 1.65. The van der Waals surface area contributed by atoms with Gasteiger partial charge in [-0.2, -0.15) is 0 Å². The van der Waals surface area contributed by atoms with Crippen LogP contribution in [0.3, 0.4) is 0 Å². The van der Waals surface area contributed by atoms with Crippen LogP contribution in [0.5, 0.6) is 0 Å². The van der Waals surface area contributed by atoms with Gasteiger partial charge < -0.3 is 14.8 Å². The van der Waals surface area contributed by atoms with Crippen molar-refractivity contribution in [1.29, 1.82) is 0 Å². The van der Waals surface area contributed by atoms with Gasteiger partial charge >= 0.3 is 5.97 Å². The number of furan rings is 1. The SMILES string of the molecule is CC(Nc1cc(F)ccc1F)c1ccc(C(=O)O)o1. The number of hydrogen-bond acceptors (Lipinski definition) is 3. The van der Waals surface area contributed by atoms with Crippen molar-refractivity contribution >= 4 is 11.7 Å². The van der Waals surface area contributed by atoms with E-state index in [1.54, 1.807) is 6.92 Å². The molecule has 0 fully saturated rings. The molecule has 1 unspecified atom stereocenters. The Hall–Kier alpha value is -2.37. The number of benzene rings is 1. The second kappa shape index (κ2) is 5.09. The van der Waals surface area contributed by atoms with Gasteiger partial charge in [0.1, 0.15) is 17.4 Å². The molecule has 1 aromatic carbocycles. The highest BCUT2D eigenvalue weighted by Gasteiger charge is 2.15. The summed E-state index contributed by atoms with van der Waals surface area (Å²) < 4.78 is 31.5. The van der Waals surface area contributed by atoms with Crippen LogP contribution in [0.25, 0.3) is 0 Å². The van der Waals surface area contributed by atoms with Gasteiger partial charge in [0.05, 0.1) is 11.7 Å². The fourth-order valence-electron chi connectivity index (χ4n) is 1.61. The van der Waals surface area contributed by atoms with Crippen LogP contribution in [0.4, 0.5) is 14.5 Å². The molecular weight excluding hydrogens is 256 g/mol. The van der Waals surface area contributed by atoms with Crippen LogP contribution >= 0.6 is 0 Å². The molecule has 0 aliphatic rings. The Balaban J connectivity index is 2.17. The van der Waals surface area contributed by atoms with E-state index < -0.39 is 23.6 Å². The van der Waals surface area contributed by atoms with E-state index in [1.165, 1.54) is 12.1 Å². The fraction of sp³-hybridized carbons (Fsp3) is 0.154. The first-order chi connectivity index (χ1) is 8.97. The number of nitrogens with one attached hydrogen (secondary N) is 1. The Morgan fingerprint density at radius 1 is 1.32 bits per heavy atom. The minimum atomic E-state index is -1.18. The third kappa shape index (κ3) is 2.90. The maximum absolute atomic E-state index is 13.4. The van der Waals surface area contributed by atoms with E-state index in [-0.39, 0.29) is 11.4 Å². The van der Waals surface area contributed by atoms with E-state index in [2.05, 4.69) is 5.32 Å². The Bertz CT molecular complexity index is 610. The average molecular weight is 267 g/mol. The van der Waals surface area contributed by atoms with E-state index in [1.807, 2.05) is 0 Å². The molecule has 2 aromatic rings.